The molecule has 5 N–H and O–H groups in total. The number of nitrogens with one attached hydrogen (secondary N) is 4. The van der Waals surface area contributed by atoms with Crippen LogP contribution < -0.4 is 16.2 Å². The van der Waals surface area contributed by atoms with E-state index in [0.717, 1.165) is 39.8 Å². The largest absolute Gasteiger partial charge is 0.502 e. The molecule has 0 aliphatic rings. The molecule has 12 nitrogen and oxygen atoms in total. The summed E-state index contributed by atoms with van der Waals surface area (Å²) in [4.78, 5) is 35.3. The molecule has 1 atom stereocenters. The number of rotatable bonds is 7. The lowest BCUT2D eigenvalue weighted by atomic mass is 10.0. The molecule has 39 heavy (non-hydrogen) atoms. The van der Waals surface area contributed by atoms with Crippen molar-refractivity contribution in [2.45, 2.75) is 13.0 Å². The number of fused-ring (bicyclic) bond motifs is 1. The van der Waals surface area contributed by atoms with Crippen molar-refractivity contribution in [3.63, 3.8) is 0 Å². The zero-order valence-corrected chi connectivity index (χ0v) is 20.5. The van der Waals surface area contributed by atoms with E-state index in [0.29, 0.717) is 5.56 Å². The van der Waals surface area contributed by atoms with E-state index in [1.54, 1.807) is 12.3 Å². The standard InChI is InChI=1S/C27H22N6O6/c1-15(29-20-7-8-22-19(12-20)14-28-30-22)16-2-4-17(5-3-16)21-10-11-39-25(21)27(36)32-31-26(35)18-6-9-24(34)23(13-18)33(37)38/h2-15,29,34H,1H3,(H,28,30)(H,31,35)(H,32,36). The Kier molecular flexibility index (Phi) is 6.66. The van der Waals surface area contributed by atoms with Crippen molar-refractivity contribution in [3.8, 4) is 16.9 Å². The third-order valence-electron chi connectivity index (χ3n) is 6.14. The maximum atomic E-state index is 12.7. The molecule has 2 amide bonds. The van der Waals surface area contributed by atoms with Gasteiger partial charge in [-0.1, -0.05) is 24.3 Å². The second-order valence-electron chi connectivity index (χ2n) is 8.69. The van der Waals surface area contributed by atoms with E-state index >= 15 is 0 Å². The number of phenols is 1. The van der Waals surface area contributed by atoms with E-state index in [2.05, 4.69) is 26.4 Å². The number of hydrogen-bond donors (Lipinski definition) is 5. The number of carbonyl (C=O) groups excluding carboxylic acids is 2. The number of aromatic amines is 1. The second-order valence-corrected chi connectivity index (χ2v) is 8.69. The van der Waals surface area contributed by atoms with Crippen LogP contribution in [0.25, 0.3) is 22.0 Å². The van der Waals surface area contributed by atoms with Gasteiger partial charge < -0.3 is 14.8 Å². The first-order chi connectivity index (χ1) is 18.8. The molecule has 12 heteroatoms. The number of hydrazine groups is 1. The monoisotopic (exact) mass is 526 g/mol. The zero-order valence-electron chi connectivity index (χ0n) is 20.5. The fourth-order valence-electron chi connectivity index (χ4n) is 4.08. The Morgan fingerprint density at radius 1 is 1.03 bits per heavy atom. The number of hydrogen-bond acceptors (Lipinski definition) is 8. The molecule has 0 aliphatic heterocycles. The maximum absolute atomic E-state index is 12.7. The van der Waals surface area contributed by atoms with Crippen molar-refractivity contribution in [1.29, 1.82) is 0 Å². The summed E-state index contributed by atoms with van der Waals surface area (Å²) in [5.74, 6) is -2.13. The summed E-state index contributed by atoms with van der Waals surface area (Å²) in [6.45, 7) is 2.04. The molecular weight excluding hydrogens is 504 g/mol. The van der Waals surface area contributed by atoms with E-state index in [1.165, 1.54) is 12.3 Å². The van der Waals surface area contributed by atoms with Gasteiger partial charge in [0, 0.05) is 34.3 Å². The van der Waals surface area contributed by atoms with E-state index in [1.807, 2.05) is 49.4 Å². The lowest BCUT2D eigenvalue weighted by Crippen LogP contribution is -2.41. The fraction of sp³-hybridized carbons (Fsp3) is 0.0741. The van der Waals surface area contributed by atoms with Crippen LogP contribution in [0, 0.1) is 10.1 Å². The predicted molar refractivity (Wildman–Crippen MR) is 142 cm³/mol. The number of aromatic hydroxyl groups is 1. The van der Waals surface area contributed by atoms with Gasteiger partial charge in [-0.3, -0.25) is 35.7 Å². The first-order valence-electron chi connectivity index (χ1n) is 11.8. The summed E-state index contributed by atoms with van der Waals surface area (Å²) in [5, 5.41) is 32.0. The van der Waals surface area contributed by atoms with Gasteiger partial charge in [0.25, 0.3) is 5.91 Å². The Morgan fingerprint density at radius 3 is 2.56 bits per heavy atom. The number of benzene rings is 3. The zero-order chi connectivity index (χ0) is 27.5. The third-order valence-corrected chi connectivity index (χ3v) is 6.14. The number of H-pyrrole nitrogens is 1. The minimum Gasteiger partial charge on any atom is -0.502 e. The van der Waals surface area contributed by atoms with Crippen LogP contribution >= 0.6 is 0 Å². The Bertz CT molecular complexity index is 1690. The average molecular weight is 527 g/mol. The summed E-state index contributed by atoms with van der Waals surface area (Å²) in [6.07, 6.45) is 3.13. The average Bonchev–Trinajstić information content (AvgIpc) is 3.61. The third kappa shape index (κ3) is 5.25. The van der Waals surface area contributed by atoms with E-state index in [-0.39, 0.29) is 17.4 Å². The smallest absolute Gasteiger partial charge is 0.311 e. The number of anilines is 1. The highest BCUT2D eigenvalue weighted by atomic mass is 16.6. The van der Waals surface area contributed by atoms with Crippen LogP contribution in [0.15, 0.2) is 83.6 Å². The van der Waals surface area contributed by atoms with E-state index in [4.69, 9.17) is 4.42 Å². The quantitative estimate of drug-likeness (QED) is 0.150. The first-order valence-corrected chi connectivity index (χ1v) is 11.8. The maximum Gasteiger partial charge on any atom is 0.311 e. The fourth-order valence-corrected chi connectivity index (χ4v) is 4.08. The summed E-state index contributed by atoms with van der Waals surface area (Å²) < 4.78 is 5.36. The summed E-state index contributed by atoms with van der Waals surface area (Å²) in [5.41, 5.74) is 7.86. The van der Waals surface area contributed by atoms with Gasteiger partial charge in [0.15, 0.2) is 5.75 Å². The topological polar surface area (TPSA) is 175 Å². The van der Waals surface area contributed by atoms with Crippen molar-refractivity contribution in [3.05, 3.63) is 106 Å². The molecule has 5 aromatic rings. The minimum absolute atomic E-state index is 0.00135. The lowest BCUT2D eigenvalue weighted by Gasteiger charge is -2.16. The molecule has 3 aromatic carbocycles. The van der Waals surface area contributed by atoms with Gasteiger partial charge in [-0.2, -0.15) is 5.10 Å². The van der Waals surface area contributed by atoms with Gasteiger partial charge in [-0.25, -0.2) is 0 Å². The molecule has 2 heterocycles. The summed E-state index contributed by atoms with van der Waals surface area (Å²) >= 11 is 0. The molecule has 0 saturated carbocycles. The van der Waals surface area contributed by atoms with Gasteiger partial charge in [0.1, 0.15) is 0 Å². The summed E-state index contributed by atoms with van der Waals surface area (Å²) in [7, 11) is 0. The van der Waals surface area contributed by atoms with Crippen LogP contribution in [-0.4, -0.2) is 32.0 Å². The second kappa shape index (κ2) is 10.4. The number of aromatic nitrogens is 2. The molecule has 0 aliphatic carbocycles. The Labute approximate surface area is 220 Å². The number of furan rings is 1. The molecular formula is C27H22N6O6. The molecule has 0 saturated heterocycles. The number of nitro benzene ring substituents is 1. The van der Waals surface area contributed by atoms with Crippen LogP contribution in [0.1, 0.15) is 39.4 Å². The van der Waals surface area contributed by atoms with Crippen molar-refractivity contribution >= 4 is 34.1 Å². The Balaban J connectivity index is 1.24. The van der Waals surface area contributed by atoms with Gasteiger partial charge >= 0.3 is 11.6 Å². The first kappa shape index (κ1) is 25.0. The van der Waals surface area contributed by atoms with Crippen LogP contribution in [0.2, 0.25) is 0 Å². The number of phenolic OH excluding ortho intramolecular Hbond substituents is 1. The van der Waals surface area contributed by atoms with Gasteiger partial charge in [-0.15, -0.1) is 0 Å². The van der Waals surface area contributed by atoms with Gasteiger partial charge in [-0.05, 0) is 54.4 Å². The van der Waals surface area contributed by atoms with Crippen molar-refractivity contribution in [2.24, 2.45) is 0 Å². The number of amides is 2. The number of nitrogens with zero attached hydrogens (tertiary/aromatic N) is 2. The highest BCUT2D eigenvalue weighted by Crippen LogP contribution is 2.29. The van der Waals surface area contributed by atoms with Crippen LogP contribution in [-0.2, 0) is 0 Å². The predicted octanol–water partition coefficient (Wildman–Crippen LogP) is 4.68. The van der Waals surface area contributed by atoms with Crippen molar-refractivity contribution < 1.29 is 24.0 Å². The van der Waals surface area contributed by atoms with E-state index in [9.17, 15) is 24.8 Å². The molecule has 0 spiro atoms. The van der Waals surface area contributed by atoms with Crippen LogP contribution in [0.4, 0.5) is 11.4 Å². The highest BCUT2D eigenvalue weighted by molar-refractivity contribution is 6.01. The molecule has 2 aromatic heterocycles. The normalized spacial score (nSPS) is 11.6. The molecule has 0 radical (unpaired) electrons. The molecule has 5 rings (SSSR count). The minimum atomic E-state index is -0.818. The molecule has 0 bridgehead atoms. The SMILES string of the molecule is CC(Nc1ccc2[nH]ncc2c1)c1ccc(-c2ccoc2C(=O)NNC(=O)c2ccc(O)c([N+](=O)[O-])c2)cc1. The van der Waals surface area contributed by atoms with Gasteiger partial charge in [0.05, 0.1) is 22.9 Å². The summed E-state index contributed by atoms with van der Waals surface area (Å²) in [6, 6.07) is 18.3. The van der Waals surface area contributed by atoms with Gasteiger partial charge in [0.2, 0.25) is 5.76 Å². The Hall–Kier alpha value is -5.65. The molecule has 1 unspecified atom stereocenters. The van der Waals surface area contributed by atoms with Crippen molar-refractivity contribution in [2.75, 3.05) is 5.32 Å². The number of nitro groups is 1. The lowest BCUT2D eigenvalue weighted by molar-refractivity contribution is -0.385. The van der Waals surface area contributed by atoms with E-state index < -0.39 is 28.2 Å². The molecule has 196 valence electrons. The molecule has 0 fully saturated rings. The number of carbonyl (C=O) groups is 2. The van der Waals surface area contributed by atoms with Crippen LogP contribution in [0.5, 0.6) is 5.75 Å². The Morgan fingerprint density at radius 2 is 1.79 bits per heavy atom. The highest BCUT2D eigenvalue weighted by Gasteiger charge is 2.20. The van der Waals surface area contributed by atoms with Crippen molar-refractivity contribution in [1.82, 2.24) is 21.0 Å². The van der Waals surface area contributed by atoms with Crippen LogP contribution in [0.3, 0.4) is 0 Å².